The van der Waals surface area contributed by atoms with Crippen LogP contribution in [0.3, 0.4) is 0 Å². The second kappa shape index (κ2) is 12.7. The molecule has 6 atom stereocenters. The van der Waals surface area contributed by atoms with Crippen molar-refractivity contribution in [3.8, 4) is 5.75 Å². The number of halogens is 1. The Kier molecular flexibility index (Phi) is 9.69. The molecule has 208 valence electrons. The van der Waals surface area contributed by atoms with Crippen LogP contribution in [0, 0.1) is 0 Å². The zero-order chi connectivity index (χ0) is 28.0. The van der Waals surface area contributed by atoms with Gasteiger partial charge < -0.3 is 38.1 Å². The summed E-state index contributed by atoms with van der Waals surface area (Å²) in [5.41, 5.74) is 0. The number of ether oxygens (including phenoxy) is 7. The highest BCUT2D eigenvalue weighted by molar-refractivity contribution is 6.29. The van der Waals surface area contributed by atoms with Crippen LogP contribution in [-0.2, 0) is 47.6 Å². The molecule has 0 aromatic carbocycles. The molecular weight excluding hydrogens is 532 g/mol. The predicted molar refractivity (Wildman–Crippen MR) is 124 cm³/mol. The van der Waals surface area contributed by atoms with Crippen molar-refractivity contribution in [3.05, 3.63) is 23.5 Å². The number of methoxy groups -OCH3 is 1. The Bertz CT molecular complexity index is 1050. The summed E-state index contributed by atoms with van der Waals surface area (Å²) in [6, 6.07) is 2.81. The minimum atomic E-state index is -1.73. The molecule has 0 aliphatic carbocycles. The molecule has 2 fully saturated rings. The molecule has 0 radical (unpaired) electrons. The number of carbonyl (C=O) groups excluding carboxylic acids is 5. The summed E-state index contributed by atoms with van der Waals surface area (Å²) in [6.07, 6.45) is -6.96. The minimum Gasteiger partial charge on any atom is -0.490 e. The molecule has 0 unspecified atom stereocenters. The standard InChI is InChI=1S/C23H27ClN2O12/c1-11(27)34-17-18(35-12(2)28)20(36-13(3)29)22(37-19(17)21(30)32-4)38-23(31)26-8-7-14(26)10-33-15-5-6-16(24)25-9-15/h5-6,9,14,17-20,22H,7-8,10H2,1-4H3/t14-,17+,18+,19+,20-,22+/m1/s1. The largest absolute Gasteiger partial charge is 0.490 e. The van der Waals surface area contributed by atoms with E-state index in [1.54, 1.807) is 12.1 Å². The lowest BCUT2D eigenvalue weighted by atomic mass is 9.97. The van der Waals surface area contributed by atoms with Crippen molar-refractivity contribution in [2.45, 2.75) is 63.9 Å². The van der Waals surface area contributed by atoms with Crippen LogP contribution < -0.4 is 4.74 Å². The van der Waals surface area contributed by atoms with Crippen molar-refractivity contribution in [3.63, 3.8) is 0 Å². The van der Waals surface area contributed by atoms with Gasteiger partial charge in [-0.1, -0.05) is 11.6 Å². The molecule has 3 heterocycles. The van der Waals surface area contributed by atoms with Gasteiger partial charge in [-0.2, -0.15) is 0 Å². The van der Waals surface area contributed by atoms with Gasteiger partial charge in [-0.25, -0.2) is 14.6 Å². The molecule has 2 aliphatic rings. The minimum absolute atomic E-state index is 0.118. The lowest BCUT2D eigenvalue weighted by Gasteiger charge is -2.44. The molecule has 2 saturated heterocycles. The highest BCUT2D eigenvalue weighted by Gasteiger charge is 2.56. The van der Waals surface area contributed by atoms with E-state index in [2.05, 4.69) is 4.98 Å². The number of rotatable bonds is 8. The first-order valence-electron chi connectivity index (χ1n) is 11.5. The van der Waals surface area contributed by atoms with E-state index < -0.39 is 60.7 Å². The molecule has 2 aliphatic heterocycles. The van der Waals surface area contributed by atoms with Crippen LogP contribution in [0.1, 0.15) is 27.2 Å². The zero-order valence-corrected chi connectivity index (χ0v) is 21.7. The van der Waals surface area contributed by atoms with E-state index in [9.17, 15) is 24.0 Å². The van der Waals surface area contributed by atoms with Gasteiger partial charge in [0, 0.05) is 27.3 Å². The fourth-order valence-electron chi connectivity index (χ4n) is 3.84. The molecule has 0 spiro atoms. The number of likely N-dealkylation sites (tertiary alicyclic amines) is 1. The second-order valence-corrected chi connectivity index (χ2v) is 8.70. The van der Waals surface area contributed by atoms with Crippen molar-refractivity contribution >= 4 is 41.6 Å². The Balaban J connectivity index is 1.79. The third-order valence-corrected chi connectivity index (χ3v) is 5.80. The van der Waals surface area contributed by atoms with Crippen molar-refractivity contribution in [2.24, 2.45) is 0 Å². The fraction of sp³-hybridized carbons (Fsp3) is 0.565. The first kappa shape index (κ1) is 28.9. The van der Waals surface area contributed by atoms with E-state index in [1.807, 2.05) is 0 Å². The predicted octanol–water partition coefficient (Wildman–Crippen LogP) is 1.02. The van der Waals surface area contributed by atoms with Crippen LogP contribution >= 0.6 is 11.6 Å². The fourth-order valence-corrected chi connectivity index (χ4v) is 3.95. The molecule has 3 rings (SSSR count). The number of amides is 1. The smallest absolute Gasteiger partial charge is 0.412 e. The van der Waals surface area contributed by atoms with Gasteiger partial charge in [0.15, 0.2) is 18.3 Å². The molecule has 0 N–H and O–H groups in total. The van der Waals surface area contributed by atoms with E-state index in [-0.39, 0.29) is 12.6 Å². The maximum atomic E-state index is 13.0. The Morgan fingerprint density at radius 3 is 2.13 bits per heavy atom. The van der Waals surface area contributed by atoms with Crippen molar-refractivity contribution in [2.75, 3.05) is 20.3 Å². The zero-order valence-electron chi connectivity index (χ0n) is 21.0. The van der Waals surface area contributed by atoms with E-state index in [0.29, 0.717) is 23.9 Å². The van der Waals surface area contributed by atoms with E-state index in [1.165, 1.54) is 11.1 Å². The van der Waals surface area contributed by atoms with Crippen LogP contribution in [0.15, 0.2) is 18.3 Å². The molecule has 0 saturated carbocycles. The van der Waals surface area contributed by atoms with Gasteiger partial charge in [-0.3, -0.25) is 14.4 Å². The summed E-state index contributed by atoms with van der Waals surface area (Å²) in [5.74, 6) is -3.11. The topological polar surface area (TPSA) is 166 Å². The monoisotopic (exact) mass is 558 g/mol. The average Bonchev–Trinajstić information content (AvgIpc) is 2.81. The van der Waals surface area contributed by atoms with Crippen LogP contribution in [0.2, 0.25) is 5.15 Å². The summed E-state index contributed by atoms with van der Waals surface area (Å²) in [4.78, 5) is 66.2. The van der Waals surface area contributed by atoms with Crippen molar-refractivity contribution in [1.29, 1.82) is 0 Å². The van der Waals surface area contributed by atoms with Gasteiger partial charge in [0.25, 0.3) is 0 Å². The number of pyridine rings is 1. The van der Waals surface area contributed by atoms with Crippen LogP contribution in [0.5, 0.6) is 5.75 Å². The number of esters is 4. The molecule has 38 heavy (non-hydrogen) atoms. The van der Waals surface area contributed by atoms with Gasteiger partial charge in [0.2, 0.25) is 12.4 Å². The van der Waals surface area contributed by atoms with Gasteiger partial charge in [-0.15, -0.1) is 0 Å². The van der Waals surface area contributed by atoms with Gasteiger partial charge in [0.05, 0.1) is 19.3 Å². The van der Waals surface area contributed by atoms with Crippen LogP contribution in [0.4, 0.5) is 4.79 Å². The van der Waals surface area contributed by atoms with Crippen molar-refractivity contribution in [1.82, 2.24) is 9.88 Å². The van der Waals surface area contributed by atoms with Gasteiger partial charge >= 0.3 is 30.0 Å². The first-order valence-corrected chi connectivity index (χ1v) is 11.8. The van der Waals surface area contributed by atoms with Gasteiger partial charge in [-0.05, 0) is 18.6 Å². The lowest BCUT2D eigenvalue weighted by Crippen LogP contribution is -2.65. The van der Waals surface area contributed by atoms with Crippen LogP contribution in [-0.4, -0.2) is 96.9 Å². The van der Waals surface area contributed by atoms with Crippen LogP contribution in [0.25, 0.3) is 0 Å². The first-order chi connectivity index (χ1) is 18.0. The highest BCUT2D eigenvalue weighted by atomic mass is 35.5. The average molecular weight is 559 g/mol. The third kappa shape index (κ3) is 7.22. The molecule has 14 nitrogen and oxygen atoms in total. The molecule has 1 aromatic rings. The maximum Gasteiger partial charge on any atom is 0.412 e. The molecular formula is C23H27ClN2O12. The maximum absolute atomic E-state index is 13.0. The summed E-state index contributed by atoms with van der Waals surface area (Å²) in [5, 5.41) is 0.300. The Labute approximate surface area is 222 Å². The SMILES string of the molecule is COC(=O)[C@H]1O[C@@H](OC(=O)N2CC[C@@H]2COc2ccc(Cl)nc2)[C@H](OC(C)=O)[C@@H](OC(C)=O)[C@@H]1OC(C)=O. The molecule has 0 bridgehead atoms. The normalized spacial score (nSPS) is 26.3. The quantitative estimate of drug-likeness (QED) is 0.252. The van der Waals surface area contributed by atoms with E-state index in [0.717, 1.165) is 27.9 Å². The molecule has 1 aromatic heterocycles. The highest BCUT2D eigenvalue weighted by Crippen LogP contribution is 2.31. The number of hydrogen-bond donors (Lipinski definition) is 0. The molecule has 1 amide bonds. The number of hydrogen-bond acceptors (Lipinski definition) is 13. The van der Waals surface area contributed by atoms with E-state index in [4.69, 9.17) is 44.8 Å². The Morgan fingerprint density at radius 1 is 0.974 bits per heavy atom. The number of carbonyl (C=O) groups is 5. The number of nitrogens with zero attached hydrogens (tertiary/aromatic N) is 2. The van der Waals surface area contributed by atoms with Crippen molar-refractivity contribution < 1.29 is 57.1 Å². The molecule has 15 heteroatoms. The summed E-state index contributed by atoms with van der Waals surface area (Å²) >= 11 is 5.76. The Morgan fingerprint density at radius 2 is 1.61 bits per heavy atom. The van der Waals surface area contributed by atoms with Gasteiger partial charge in [0.1, 0.15) is 17.5 Å². The van der Waals surface area contributed by atoms with E-state index >= 15 is 0 Å². The lowest BCUT2D eigenvalue weighted by molar-refractivity contribution is -0.290. The number of aromatic nitrogens is 1. The summed E-state index contributed by atoms with van der Waals surface area (Å²) < 4.78 is 37.1. The third-order valence-electron chi connectivity index (χ3n) is 5.57. The Hall–Kier alpha value is -3.65. The summed E-state index contributed by atoms with van der Waals surface area (Å²) in [6.45, 7) is 3.61. The summed E-state index contributed by atoms with van der Waals surface area (Å²) in [7, 11) is 1.05. The second-order valence-electron chi connectivity index (χ2n) is 8.32.